The van der Waals surface area contributed by atoms with Crippen molar-refractivity contribution in [3.63, 3.8) is 0 Å². The summed E-state index contributed by atoms with van der Waals surface area (Å²) in [5, 5.41) is 3.70. The third-order valence-corrected chi connectivity index (χ3v) is 3.04. The zero-order chi connectivity index (χ0) is 13.0. The van der Waals surface area contributed by atoms with E-state index in [0.717, 1.165) is 11.3 Å². The Kier molecular flexibility index (Phi) is 4.82. The molecule has 4 heteroatoms. The minimum Gasteiger partial charge on any atom is -0.375 e. The van der Waals surface area contributed by atoms with Crippen LogP contribution in [0.2, 0.25) is 5.02 Å². The van der Waals surface area contributed by atoms with Gasteiger partial charge in [-0.2, -0.15) is 0 Å². The Morgan fingerprint density at radius 2 is 2.12 bits per heavy atom. The highest BCUT2D eigenvalue weighted by molar-refractivity contribution is 6.33. The number of benzene rings is 1. The van der Waals surface area contributed by atoms with E-state index in [2.05, 4.69) is 5.32 Å². The van der Waals surface area contributed by atoms with Gasteiger partial charge in [-0.15, -0.1) is 0 Å². The highest BCUT2D eigenvalue weighted by Gasteiger charge is 2.11. The first-order chi connectivity index (χ1) is 7.91. The number of hydrogen-bond donors (Lipinski definition) is 1. The standard InChI is InChI=1S/C13H19ClN2O/c1-9(2)16(4)13(17)8-15-12-6-5-10(3)7-11(12)14/h5-7,9,15H,8H2,1-4H3. The molecule has 0 spiro atoms. The molecule has 3 nitrogen and oxygen atoms in total. The maximum absolute atomic E-state index is 11.8. The Balaban J connectivity index is 2.59. The van der Waals surface area contributed by atoms with Crippen LogP contribution < -0.4 is 5.32 Å². The fourth-order valence-corrected chi connectivity index (χ4v) is 1.65. The first kappa shape index (κ1) is 13.8. The van der Waals surface area contributed by atoms with Gasteiger partial charge in [-0.1, -0.05) is 17.7 Å². The second-order valence-corrected chi connectivity index (χ2v) is 4.84. The Morgan fingerprint density at radius 3 is 2.65 bits per heavy atom. The number of aryl methyl sites for hydroxylation is 1. The van der Waals surface area contributed by atoms with Gasteiger partial charge in [0.05, 0.1) is 17.3 Å². The Morgan fingerprint density at radius 1 is 1.47 bits per heavy atom. The SMILES string of the molecule is Cc1ccc(NCC(=O)N(C)C(C)C)c(Cl)c1. The third-order valence-electron chi connectivity index (χ3n) is 2.72. The van der Waals surface area contributed by atoms with Crippen LogP contribution in [0.1, 0.15) is 19.4 Å². The van der Waals surface area contributed by atoms with E-state index in [1.54, 1.807) is 11.9 Å². The fourth-order valence-electron chi connectivity index (χ4n) is 1.35. The summed E-state index contributed by atoms with van der Waals surface area (Å²) >= 11 is 6.07. The lowest BCUT2D eigenvalue weighted by molar-refractivity contribution is -0.129. The smallest absolute Gasteiger partial charge is 0.241 e. The van der Waals surface area contributed by atoms with Crippen molar-refractivity contribution in [2.24, 2.45) is 0 Å². The largest absolute Gasteiger partial charge is 0.375 e. The molecule has 1 rings (SSSR count). The van der Waals surface area contributed by atoms with Crippen LogP contribution in [0.4, 0.5) is 5.69 Å². The zero-order valence-corrected chi connectivity index (χ0v) is 11.5. The first-order valence-corrected chi connectivity index (χ1v) is 6.05. The molecule has 0 aliphatic carbocycles. The van der Waals surface area contributed by atoms with Gasteiger partial charge in [-0.25, -0.2) is 0 Å². The summed E-state index contributed by atoms with van der Waals surface area (Å²) in [5.41, 5.74) is 1.90. The molecule has 0 aliphatic rings. The van der Waals surface area contributed by atoms with Crippen LogP contribution in [0.25, 0.3) is 0 Å². The molecular formula is C13H19ClN2O. The molecule has 0 bridgehead atoms. The predicted octanol–water partition coefficient (Wildman–Crippen LogP) is 2.93. The van der Waals surface area contributed by atoms with Crippen molar-refractivity contribution >= 4 is 23.2 Å². The normalized spacial score (nSPS) is 10.5. The lowest BCUT2D eigenvalue weighted by atomic mass is 10.2. The lowest BCUT2D eigenvalue weighted by Gasteiger charge is -2.22. The van der Waals surface area contributed by atoms with Crippen LogP contribution in [-0.2, 0) is 4.79 Å². The van der Waals surface area contributed by atoms with Crippen LogP contribution in [0, 0.1) is 6.92 Å². The van der Waals surface area contributed by atoms with Crippen molar-refractivity contribution in [1.29, 1.82) is 0 Å². The van der Waals surface area contributed by atoms with Crippen LogP contribution in [0.15, 0.2) is 18.2 Å². The summed E-state index contributed by atoms with van der Waals surface area (Å²) in [4.78, 5) is 13.5. The molecular weight excluding hydrogens is 236 g/mol. The van der Waals surface area contributed by atoms with E-state index >= 15 is 0 Å². The van der Waals surface area contributed by atoms with Gasteiger partial charge in [-0.05, 0) is 38.5 Å². The minimum atomic E-state index is 0.0524. The maximum Gasteiger partial charge on any atom is 0.241 e. The summed E-state index contributed by atoms with van der Waals surface area (Å²) in [7, 11) is 1.80. The van der Waals surface area contributed by atoms with Crippen molar-refractivity contribution in [1.82, 2.24) is 4.90 Å². The number of amides is 1. The number of nitrogens with one attached hydrogen (secondary N) is 1. The van der Waals surface area contributed by atoms with Crippen molar-refractivity contribution < 1.29 is 4.79 Å². The molecule has 0 saturated heterocycles. The minimum absolute atomic E-state index is 0.0524. The van der Waals surface area contributed by atoms with Crippen LogP contribution in [0.3, 0.4) is 0 Å². The van der Waals surface area contributed by atoms with E-state index in [1.807, 2.05) is 39.0 Å². The molecule has 0 radical (unpaired) electrons. The maximum atomic E-state index is 11.8. The number of carbonyl (C=O) groups is 1. The molecule has 0 unspecified atom stereocenters. The fraction of sp³-hybridized carbons (Fsp3) is 0.462. The second-order valence-electron chi connectivity index (χ2n) is 4.44. The molecule has 17 heavy (non-hydrogen) atoms. The van der Waals surface area contributed by atoms with E-state index in [9.17, 15) is 4.79 Å². The average molecular weight is 255 g/mol. The highest BCUT2D eigenvalue weighted by Crippen LogP contribution is 2.22. The lowest BCUT2D eigenvalue weighted by Crippen LogP contribution is -2.37. The number of likely N-dealkylation sites (N-methyl/N-ethyl adjacent to an activating group) is 1. The number of rotatable bonds is 4. The molecule has 0 aromatic heterocycles. The van der Waals surface area contributed by atoms with Crippen molar-refractivity contribution in [3.05, 3.63) is 28.8 Å². The van der Waals surface area contributed by atoms with E-state index in [4.69, 9.17) is 11.6 Å². The van der Waals surface area contributed by atoms with Crippen LogP contribution >= 0.6 is 11.6 Å². The molecule has 0 aliphatic heterocycles. The van der Waals surface area contributed by atoms with Gasteiger partial charge in [0, 0.05) is 13.1 Å². The molecule has 94 valence electrons. The Bertz CT molecular complexity index is 404. The molecule has 1 aromatic carbocycles. The number of anilines is 1. The van der Waals surface area contributed by atoms with Gasteiger partial charge in [0.2, 0.25) is 5.91 Å². The van der Waals surface area contributed by atoms with Crippen molar-refractivity contribution in [2.45, 2.75) is 26.8 Å². The monoisotopic (exact) mass is 254 g/mol. The van der Waals surface area contributed by atoms with Gasteiger partial charge in [0.1, 0.15) is 0 Å². The van der Waals surface area contributed by atoms with Gasteiger partial charge in [-0.3, -0.25) is 4.79 Å². The van der Waals surface area contributed by atoms with E-state index < -0.39 is 0 Å². The Labute approximate surface area is 108 Å². The summed E-state index contributed by atoms with van der Waals surface area (Å²) in [6.07, 6.45) is 0. The van der Waals surface area contributed by atoms with E-state index in [1.165, 1.54) is 0 Å². The predicted molar refractivity (Wildman–Crippen MR) is 72.6 cm³/mol. The summed E-state index contributed by atoms with van der Waals surface area (Å²) in [6.45, 7) is 6.21. The van der Waals surface area contributed by atoms with Gasteiger partial charge in [0.15, 0.2) is 0 Å². The molecule has 0 heterocycles. The zero-order valence-electron chi connectivity index (χ0n) is 10.7. The first-order valence-electron chi connectivity index (χ1n) is 5.67. The van der Waals surface area contributed by atoms with Crippen LogP contribution in [-0.4, -0.2) is 30.4 Å². The number of halogens is 1. The van der Waals surface area contributed by atoms with E-state index in [0.29, 0.717) is 5.02 Å². The number of nitrogens with zero attached hydrogens (tertiary/aromatic N) is 1. The van der Waals surface area contributed by atoms with E-state index in [-0.39, 0.29) is 18.5 Å². The summed E-state index contributed by atoms with van der Waals surface area (Å²) in [5.74, 6) is 0.0524. The molecule has 1 aromatic rings. The van der Waals surface area contributed by atoms with Crippen molar-refractivity contribution in [3.8, 4) is 0 Å². The Hall–Kier alpha value is -1.22. The van der Waals surface area contributed by atoms with Crippen LogP contribution in [0.5, 0.6) is 0 Å². The third kappa shape index (κ3) is 3.93. The second kappa shape index (κ2) is 5.92. The quantitative estimate of drug-likeness (QED) is 0.896. The van der Waals surface area contributed by atoms with Gasteiger partial charge in [0.25, 0.3) is 0 Å². The molecule has 0 fully saturated rings. The van der Waals surface area contributed by atoms with Gasteiger partial charge >= 0.3 is 0 Å². The molecule has 0 atom stereocenters. The van der Waals surface area contributed by atoms with Gasteiger partial charge < -0.3 is 10.2 Å². The van der Waals surface area contributed by atoms with Crippen molar-refractivity contribution in [2.75, 3.05) is 18.9 Å². The average Bonchev–Trinajstić information content (AvgIpc) is 2.26. The summed E-state index contributed by atoms with van der Waals surface area (Å²) in [6, 6.07) is 5.93. The molecule has 0 saturated carbocycles. The summed E-state index contributed by atoms with van der Waals surface area (Å²) < 4.78 is 0. The topological polar surface area (TPSA) is 32.3 Å². The number of carbonyl (C=O) groups excluding carboxylic acids is 1. The molecule has 1 amide bonds. The molecule has 1 N–H and O–H groups in total. The number of hydrogen-bond acceptors (Lipinski definition) is 2. The highest BCUT2D eigenvalue weighted by atomic mass is 35.5.